The fraction of sp³-hybridized carbons (Fsp3) is 0.500. The van der Waals surface area contributed by atoms with Crippen molar-refractivity contribution in [2.24, 2.45) is 7.05 Å². The van der Waals surface area contributed by atoms with Gasteiger partial charge in [0.25, 0.3) is 17.0 Å². The number of hydrogen-bond acceptors (Lipinski definition) is 6. The second kappa shape index (κ2) is 13.2. The monoisotopic (exact) mass is 505 g/mol. The number of H-pyrrole nitrogens is 1. The topological polar surface area (TPSA) is 92.2 Å². The van der Waals surface area contributed by atoms with E-state index in [1.807, 2.05) is 18.7 Å². The molecular formula is C26H37F2N5O3. The van der Waals surface area contributed by atoms with Crippen LogP contribution >= 0.6 is 0 Å². The van der Waals surface area contributed by atoms with Crippen LogP contribution in [0.1, 0.15) is 52.2 Å². The molecule has 3 aromatic rings. The molecule has 0 aliphatic carbocycles. The predicted octanol–water partition coefficient (Wildman–Crippen LogP) is 4.62. The smallest absolute Gasteiger partial charge is 0.291 e. The molecule has 0 unspecified atom stereocenters. The van der Waals surface area contributed by atoms with Gasteiger partial charge in [-0.1, -0.05) is 52.3 Å². The fourth-order valence-electron chi connectivity index (χ4n) is 3.60. The molecule has 0 saturated carbocycles. The van der Waals surface area contributed by atoms with Crippen molar-refractivity contribution >= 4 is 22.4 Å². The Kier molecular flexibility index (Phi) is 10.6. The normalized spacial score (nSPS) is 13.4. The number of alkyl halides is 2. The molecule has 4 rings (SSSR count). The molecule has 0 spiro atoms. The minimum atomic E-state index is -2.94. The second-order valence-corrected chi connectivity index (χ2v) is 8.30. The number of aromatic nitrogens is 3. The molecule has 198 valence electrons. The number of nitrogens with one attached hydrogen (secondary N) is 2. The number of fused-ring (bicyclic) bond motifs is 1. The number of aryl methyl sites for hydroxylation is 1. The van der Waals surface area contributed by atoms with E-state index in [4.69, 9.17) is 4.74 Å². The quantitative estimate of drug-likeness (QED) is 0.526. The molecule has 1 aromatic carbocycles. The highest BCUT2D eigenvalue weighted by atomic mass is 19.3. The van der Waals surface area contributed by atoms with Crippen LogP contribution in [-0.2, 0) is 24.3 Å². The zero-order chi connectivity index (χ0) is 26.9. The number of aromatic amines is 1. The van der Waals surface area contributed by atoms with Gasteiger partial charge in [0.1, 0.15) is 11.2 Å². The number of pyridine rings is 1. The Morgan fingerprint density at radius 2 is 1.78 bits per heavy atom. The molecule has 36 heavy (non-hydrogen) atoms. The van der Waals surface area contributed by atoms with E-state index < -0.39 is 11.5 Å². The van der Waals surface area contributed by atoms with E-state index >= 15 is 0 Å². The molecule has 1 fully saturated rings. The number of morpholine rings is 1. The largest absolute Gasteiger partial charge is 0.378 e. The van der Waals surface area contributed by atoms with Crippen molar-refractivity contribution in [1.82, 2.24) is 14.8 Å². The van der Waals surface area contributed by atoms with Crippen LogP contribution in [0.3, 0.4) is 0 Å². The number of halogens is 2. The molecule has 1 aliphatic heterocycles. The van der Waals surface area contributed by atoms with Gasteiger partial charge in [-0.15, -0.1) is 0 Å². The van der Waals surface area contributed by atoms with Crippen LogP contribution in [0.4, 0.5) is 20.3 Å². The summed E-state index contributed by atoms with van der Waals surface area (Å²) in [7, 11) is 1.49. The number of ether oxygens (including phenoxy) is 1. The van der Waals surface area contributed by atoms with Crippen LogP contribution < -0.4 is 21.3 Å². The van der Waals surface area contributed by atoms with Crippen molar-refractivity contribution in [3.05, 3.63) is 62.2 Å². The number of anilines is 2. The minimum absolute atomic E-state index is 0.0796. The summed E-state index contributed by atoms with van der Waals surface area (Å²) in [6.07, 6.45) is 1.25. The van der Waals surface area contributed by atoms with Crippen molar-refractivity contribution in [1.29, 1.82) is 0 Å². The Morgan fingerprint density at radius 3 is 2.39 bits per heavy atom. The molecule has 0 amide bonds. The van der Waals surface area contributed by atoms with E-state index in [0.29, 0.717) is 48.8 Å². The maximum Gasteiger partial charge on any atom is 0.291 e. The van der Waals surface area contributed by atoms with Gasteiger partial charge in [-0.05, 0) is 17.7 Å². The van der Waals surface area contributed by atoms with Crippen molar-refractivity contribution in [2.75, 3.05) is 36.5 Å². The number of nitrogens with zero attached hydrogens (tertiary/aromatic N) is 3. The van der Waals surface area contributed by atoms with Gasteiger partial charge < -0.3 is 19.9 Å². The minimum Gasteiger partial charge on any atom is -0.378 e. The maximum absolute atomic E-state index is 13.6. The molecule has 8 nitrogen and oxygen atoms in total. The molecule has 0 atom stereocenters. The zero-order valence-corrected chi connectivity index (χ0v) is 22.0. The second-order valence-electron chi connectivity index (χ2n) is 8.30. The van der Waals surface area contributed by atoms with Gasteiger partial charge in [0.15, 0.2) is 5.82 Å². The third-order valence-corrected chi connectivity index (χ3v) is 5.28. The van der Waals surface area contributed by atoms with Crippen molar-refractivity contribution in [2.45, 2.75) is 53.5 Å². The lowest BCUT2D eigenvalue weighted by atomic mass is 10.1. The van der Waals surface area contributed by atoms with E-state index in [1.165, 1.54) is 25.6 Å². The molecule has 0 bridgehead atoms. The molecule has 3 heterocycles. The Balaban J connectivity index is 0.000000850. The molecule has 10 heteroatoms. The lowest BCUT2D eigenvalue weighted by Crippen LogP contribution is -2.39. The SMILES string of the molecule is CC.CCC.Cn1nc(NCc2cccc(C(C)(F)F)c2)c2cc(N3CCOCC3)c(=O)[nH]c2c1=O. The first-order valence-corrected chi connectivity index (χ1v) is 12.3. The summed E-state index contributed by atoms with van der Waals surface area (Å²) in [4.78, 5) is 29.7. The maximum atomic E-state index is 13.6. The Morgan fingerprint density at radius 1 is 1.14 bits per heavy atom. The van der Waals surface area contributed by atoms with Gasteiger partial charge in [-0.25, -0.2) is 13.5 Å². The van der Waals surface area contributed by atoms with Crippen LogP contribution in [-0.4, -0.2) is 41.1 Å². The highest BCUT2D eigenvalue weighted by molar-refractivity contribution is 5.90. The molecular weight excluding hydrogens is 468 g/mol. The number of rotatable bonds is 5. The summed E-state index contributed by atoms with van der Waals surface area (Å²) in [6, 6.07) is 7.76. The summed E-state index contributed by atoms with van der Waals surface area (Å²) in [5.41, 5.74) is 0.336. The molecule has 2 N–H and O–H groups in total. The third-order valence-electron chi connectivity index (χ3n) is 5.28. The Labute approximate surface area is 210 Å². The summed E-state index contributed by atoms with van der Waals surface area (Å²) in [6.45, 7) is 11.5. The third kappa shape index (κ3) is 7.13. The molecule has 2 aromatic heterocycles. The Hall–Kier alpha value is -3.27. The standard InChI is InChI=1S/C21H23F2N5O3.C3H8.C2H6/c1-21(22,23)14-5-3-4-13(10-14)12-24-18-15-11-16(28-6-8-31-9-7-28)19(29)25-17(15)20(30)27(2)26-18;1-3-2;1-2/h3-5,10-11H,6-9,12H2,1-2H3,(H,24,26)(H,25,29);3H2,1-2H3;1-2H3. The number of benzene rings is 1. The van der Waals surface area contributed by atoms with E-state index in [-0.39, 0.29) is 23.2 Å². The highest BCUT2D eigenvalue weighted by Crippen LogP contribution is 2.28. The van der Waals surface area contributed by atoms with Gasteiger partial charge in [-0.3, -0.25) is 9.59 Å². The summed E-state index contributed by atoms with van der Waals surface area (Å²) in [5, 5.41) is 7.86. The summed E-state index contributed by atoms with van der Waals surface area (Å²) >= 11 is 0. The average Bonchev–Trinajstić information content (AvgIpc) is 2.87. The van der Waals surface area contributed by atoms with E-state index in [0.717, 1.165) is 11.6 Å². The van der Waals surface area contributed by atoms with Gasteiger partial charge in [0.05, 0.1) is 18.6 Å². The summed E-state index contributed by atoms with van der Waals surface area (Å²) in [5.74, 6) is -2.57. The van der Waals surface area contributed by atoms with Gasteiger partial charge >= 0.3 is 0 Å². The molecule has 1 aliphatic rings. The van der Waals surface area contributed by atoms with Crippen LogP contribution in [0.15, 0.2) is 39.9 Å². The molecule has 1 saturated heterocycles. The highest BCUT2D eigenvalue weighted by Gasteiger charge is 2.24. The molecule has 0 radical (unpaired) electrons. The van der Waals surface area contributed by atoms with Crippen molar-refractivity contribution < 1.29 is 13.5 Å². The van der Waals surface area contributed by atoms with Gasteiger partial charge in [-0.2, -0.15) is 5.10 Å². The van der Waals surface area contributed by atoms with Crippen LogP contribution in [0.2, 0.25) is 0 Å². The van der Waals surface area contributed by atoms with Crippen LogP contribution in [0, 0.1) is 0 Å². The van der Waals surface area contributed by atoms with Crippen molar-refractivity contribution in [3.8, 4) is 0 Å². The average molecular weight is 506 g/mol. The van der Waals surface area contributed by atoms with Crippen LogP contribution in [0.5, 0.6) is 0 Å². The fourth-order valence-corrected chi connectivity index (χ4v) is 3.60. The summed E-state index contributed by atoms with van der Waals surface area (Å²) < 4.78 is 33.8. The first kappa shape index (κ1) is 29.0. The van der Waals surface area contributed by atoms with E-state index in [1.54, 1.807) is 18.2 Å². The zero-order valence-electron chi connectivity index (χ0n) is 22.0. The lowest BCUT2D eigenvalue weighted by Gasteiger charge is -2.28. The predicted molar refractivity (Wildman–Crippen MR) is 141 cm³/mol. The van der Waals surface area contributed by atoms with Crippen molar-refractivity contribution in [3.63, 3.8) is 0 Å². The first-order valence-electron chi connectivity index (χ1n) is 12.3. The Bertz CT molecular complexity index is 1250. The van der Waals surface area contributed by atoms with Gasteiger partial charge in [0, 0.05) is 39.2 Å². The first-order chi connectivity index (χ1) is 17.2. The number of hydrogen-bond donors (Lipinski definition) is 2. The lowest BCUT2D eigenvalue weighted by molar-refractivity contribution is 0.0174. The van der Waals surface area contributed by atoms with E-state index in [9.17, 15) is 18.4 Å². The van der Waals surface area contributed by atoms with Gasteiger partial charge in [0.2, 0.25) is 0 Å². The van der Waals surface area contributed by atoms with E-state index in [2.05, 4.69) is 29.2 Å². The van der Waals surface area contributed by atoms with Crippen LogP contribution in [0.25, 0.3) is 10.9 Å².